The van der Waals surface area contributed by atoms with Crippen LogP contribution in [0.3, 0.4) is 0 Å². The molecule has 4 heterocycles. The van der Waals surface area contributed by atoms with Crippen LogP contribution in [-0.2, 0) is 20.9 Å². The Balaban J connectivity index is 0.000000406. The molecule has 0 saturated carbocycles. The summed E-state index contributed by atoms with van der Waals surface area (Å²) >= 11 is 0. The van der Waals surface area contributed by atoms with Gasteiger partial charge in [0.1, 0.15) is 17.1 Å². The molecule has 1 unspecified atom stereocenters. The number of aryl methyl sites for hydroxylation is 2. The van der Waals surface area contributed by atoms with Gasteiger partial charge in [0.2, 0.25) is 0 Å². The summed E-state index contributed by atoms with van der Waals surface area (Å²) < 4.78 is 49.1. The molecule has 1 atom stereocenters. The highest BCUT2D eigenvalue weighted by atomic mass is 19.4. The van der Waals surface area contributed by atoms with Crippen molar-refractivity contribution in [2.75, 3.05) is 26.3 Å². The Morgan fingerprint density at radius 1 is 1.32 bits per heavy atom. The number of nitrogens with zero attached hydrogens (tertiary/aromatic N) is 2. The quantitative estimate of drug-likeness (QED) is 0.623. The molecule has 1 spiro atoms. The third-order valence-electron chi connectivity index (χ3n) is 5.92. The van der Waals surface area contributed by atoms with Crippen LogP contribution in [0.25, 0.3) is 0 Å². The fraction of sp³-hybridized carbons (Fsp3) is 0.522. The van der Waals surface area contributed by atoms with E-state index in [-0.39, 0.29) is 11.5 Å². The minimum atomic E-state index is -5.08. The fourth-order valence-electron chi connectivity index (χ4n) is 4.20. The number of alkyl halides is 3. The first-order valence-corrected chi connectivity index (χ1v) is 10.8. The zero-order valence-corrected chi connectivity index (χ0v) is 18.9. The van der Waals surface area contributed by atoms with E-state index in [2.05, 4.69) is 4.98 Å². The van der Waals surface area contributed by atoms with Crippen molar-refractivity contribution in [2.45, 2.75) is 45.1 Å². The van der Waals surface area contributed by atoms with Crippen molar-refractivity contribution in [1.82, 2.24) is 9.88 Å². The molecule has 4 rings (SSSR count). The second kappa shape index (κ2) is 10.6. The molecule has 2 aromatic rings. The summed E-state index contributed by atoms with van der Waals surface area (Å²) in [7, 11) is 0. The molecular formula is C23H27F3N2O6. The summed E-state index contributed by atoms with van der Waals surface area (Å²) in [6, 6.07) is 5.76. The zero-order valence-electron chi connectivity index (χ0n) is 18.9. The van der Waals surface area contributed by atoms with Crippen molar-refractivity contribution in [3.63, 3.8) is 0 Å². The molecule has 1 amide bonds. The Labute approximate surface area is 194 Å². The molecule has 2 fully saturated rings. The lowest BCUT2D eigenvalue weighted by atomic mass is 9.79. The van der Waals surface area contributed by atoms with Crippen molar-refractivity contribution in [2.24, 2.45) is 5.92 Å². The van der Waals surface area contributed by atoms with Crippen LogP contribution in [-0.4, -0.2) is 64.9 Å². The number of carbonyl (C=O) groups excluding carboxylic acids is 1. The number of amides is 1. The van der Waals surface area contributed by atoms with Crippen molar-refractivity contribution >= 4 is 11.9 Å². The van der Waals surface area contributed by atoms with E-state index in [1.54, 1.807) is 6.20 Å². The molecule has 2 aromatic heterocycles. The maximum Gasteiger partial charge on any atom is 0.490 e. The van der Waals surface area contributed by atoms with Gasteiger partial charge in [-0.15, -0.1) is 0 Å². The zero-order chi connectivity index (χ0) is 24.9. The first kappa shape index (κ1) is 25.7. The molecule has 2 aliphatic rings. The number of halogens is 3. The molecule has 0 aliphatic carbocycles. The van der Waals surface area contributed by atoms with E-state index in [4.69, 9.17) is 23.8 Å². The van der Waals surface area contributed by atoms with Crippen LogP contribution in [0.15, 0.2) is 35.0 Å². The van der Waals surface area contributed by atoms with Gasteiger partial charge in [-0.1, -0.05) is 6.07 Å². The lowest BCUT2D eigenvalue weighted by molar-refractivity contribution is -0.192. The highest BCUT2D eigenvalue weighted by molar-refractivity contribution is 5.96. The molecule has 2 aliphatic heterocycles. The largest absolute Gasteiger partial charge is 0.490 e. The molecule has 0 bridgehead atoms. The van der Waals surface area contributed by atoms with Gasteiger partial charge >= 0.3 is 12.1 Å². The van der Waals surface area contributed by atoms with Gasteiger partial charge in [-0.3, -0.25) is 9.78 Å². The number of carboxylic acid groups (broad SMARTS) is 1. The molecule has 34 heavy (non-hydrogen) atoms. The number of aromatic nitrogens is 1. The Kier molecular flexibility index (Phi) is 7.98. The third kappa shape index (κ3) is 6.15. The number of carboxylic acids is 1. The lowest BCUT2D eigenvalue weighted by Gasteiger charge is -2.50. The Morgan fingerprint density at radius 2 is 2.03 bits per heavy atom. The van der Waals surface area contributed by atoms with E-state index in [9.17, 15) is 18.0 Å². The molecule has 0 radical (unpaired) electrons. The van der Waals surface area contributed by atoms with Gasteiger partial charge in [0.05, 0.1) is 25.3 Å². The van der Waals surface area contributed by atoms with Crippen LogP contribution in [0, 0.1) is 19.8 Å². The average Bonchev–Trinajstić information content (AvgIpc) is 3.32. The summed E-state index contributed by atoms with van der Waals surface area (Å²) in [6.07, 6.45) is 0.489. The number of carbonyl (C=O) groups is 2. The van der Waals surface area contributed by atoms with Gasteiger partial charge in [-0.25, -0.2) is 4.79 Å². The molecule has 11 heteroatoms. The van der Waals surface area contributed by atoms with Gasteiger partial charge in [-0.05, 0) is 50.3 Å². The summed E-state index contributed by atoms with van der Waals surface area (Å²) in [4.78, 5) is 27.6. The minimum Gasteiger partial charge on any atom is -0.475 e. The Morgan fingerprint density at radius 3 is 2.59 bits per heavy atom. The number of ether oxygens (including phenoxy) is 2. The third-order valence-corrected chi connectivity index (χ3v) is 5.92. The summed E-state index contributed by atoms with van der Waals surface area (Å²) in [5, 5.41) is 7.12. The number of pyridine rings is 1. The maximum absolute atomic E-state index is 12.7. The predicted octanol–water partition coefficient (Wildman–Crippen LogP) is 3.76. The number of rotatable bonds is 6. The van der Waals surface area contributed by atoms with Crippen LogP contribution in [0.5, 0.6) is 0 Å². The smallest absolute Gasteiger partial charge is 0.475 e. The molecule has 8 nitrogen and oxygen atoms in total. The van der Waals surface area contributed by atoms with Crippen molar-refractivity contribution in [3.8, 4) is 0 Å². The summed E-state index contributed by atoms with van der Waals surface area (Å²) in [5.74, 6) is -0.829. The number of furan rings is 1. The molecule has 2 saturated heterocycles. The SMILES string of the molecule is Cc1cc(C(=O)N2CC3(C2)OCCC3CCOCc2cccnc2)c(C)o1.O=C(O)C(F)(F)F. The predicted molar refractivity (Wildman–Crippen MR) is 113 cm³/mol. The normalized spacial score (nSPS) is 18.9. The van der Waals surface area contributed by atoms with Crippen LogP contribution < -0.4 is 0 Å². The Bertz CT molecular complexity index is 986. The Hall–Kier alpha value is -2.92. The van der Waals surface area contributed by atoms with E-state index in [1.807, 2.05) is 43.1 Å². The van der Waals surface area contributed by atoms with Gasteiger partial charge in [0.25, 0.3) is 5.91 Å². The number of hydrogen-bond acceptors (Lipinski definition) is 6. The molecule has 186 valence electrons. The van der Waals surface area contributed by atoms with Crippen LogP contribution >= 0.6 is 0 Å². The first-order chi connectivity index (χ1) is 16.0. The van der Waals surface area contributed by atoms with Crippen LogP contribution in [0.4, 0.5) is 13.2 Å². The molecule has 1 N–H and O–H groups in total. The van der Waals surface area contributed by atoms with Crippen LogP contribution in [0.1, 0.15) is 40.3 Å². The number of hydrogen-bond donors (Lipinski definition) is 1. The van der Waals surface area contributed by atoms with E-state index in [0.717, 1.165) is 30.8 Å². The van der Waals surface area contributed by atoms with E-state index in [1.165, 1.54) is 0 Å². The highest BCUT2D eigenvalue weighted by Crippen LogP contribution is 2.42. The monoisotopic (exact) mass is 484 g/mol. The highest BCUT2D eigenvalue weighted by Gasteiger charge is 2.54. The van der Waals surface area contributed by atoms with E-state index in [0.29, 0.717) is 43.5 Å². The standard InChI is InChI=1S/C21H26N2O4.C2HF3O2/c1-15-10-19(16(2)27-15)20(24)23-13-21(14-23)18(6-9-26-21)5-8-25-12-17-4-3-7-22-11-17;3-2(4,5)1(6)7/h3-4,7,10-11,18H,5-6,8-9,12-14H2,1-2H3;(H,6,7). The first-order valence-electron chi connectivity index (χ1n) is 10.8. The second-order valence-electron chi connectivity index (χ2n) is 8.39. The average molecular weight is 484 g/mol. The summed E-state index contributed by atoms with van der Waals surface area (Å²) in [6.45, 7) is 7.05. The number of aliphatic carboxylic acids is 1. The molecular weight excluding hydrogens is 457 g/mol. The van der Waals surface area contributed by atoms with Gasteiger partial charge in [0.15, 0.2) is 0 Å². The minimum absolute atomic E-state index is 0.0389. The van der Waals surface area contributed by atoms with Crippen LogP contribution in [0.2, 0.25) is 0 Å². The van der Waals surface area contributed by atoms with Gasteiger partial charge in [-0.2, -0.15) is 13.2 Å². The lowest BCUT2D eigenvalue weighted by Crippen LogP contribution is -2.66. The van der Waals surface area contributed by atoms with Crippen molar-refractivity contribution in [1.29, 1.82) is 0 Å². The van der Waals surface area contributed by atoms with Crippen molar-refractivity contribution in [3.05, 3.63) is 53.2 Å². The van der Waals surface area contributed by atoms with E-state index < -0.39 is 12.1 Å². The fourth-order valence-corrected chi connectivity index (χ4v) is 4.20. The van der Waals surface area contributed by atoms with E-state index >= 15 is 0 Å². The molecule has 0 aromatic carbocycles. The number of likely N-dealkylation sites (tertiary alicyclic amines) is 1. The van der Waals surface area contributed by atoms with Crippen molar-refractivity contribution < 1.29 is 41.8 Å². The second-order valence-corrected chi connectivity index (χ2v) is 8.39. The maximum atomic E-state index is 12.7. The summed E-state index contributed by atoms with van der Waals surface area (Å²) in [5.41, 5.74) is 1.55. The van der Waals surface area contributed by atoms with Gasteiger partial charge < -0.3 is 23.9 Å². The van der Waals surface area contributed by atoms with Gasteiger partial charge in [0, 0.05) is 25.6 Å². The topological polar surface area (TPSA) is 102 Å².